The van der Waals surface area contributed by atoms with E-state index in [1.807, 2.05) is 0 Å². The molecule has 2 aromatic carbocycles. The zero-order chi connectivity index (χ0) is 20.3. The molecule has 2 aromatic rings. The Morgan fingerprint density at radius 1 is 0.633 bits per heavy atom. The molecule has 2 aliphatic rings. The molecule has 0 N–H and O–H groups in total. The van der Waals surface area contributed by atoms with E-state index in [1.165, 1.54) is 22.3 Å². The van der Waals surface area contributed by atoms with E-state index in [0.29, 0.717) is 11.8 Å². The summed E-state index contributed by atoms with van der Waals surface area (Å²) >= 11 is -2.44. The summed E-state index contributed by atoms with van der Waals surface area (Å²) in [6, 6.07) is 18.0. The van der Waals surface area contributed by atoms with Crippen molar-refractivity contribution in [2.24, 2.45) is 10.8 Å². The van der Waals surface area contributed by atoms with Gasteiger partial charge in [0.2, 0.25) is 0 Å². The average Bonchev–Trinajstić information content (AvgIpc) is 3.19. The first-order valence-electron chi connectivity index (χ1n) is 10.4. The van der Waals surface area contributed by atoms with Gasteiger partial charge in [0.15, 0.2) is 0 Å². The summed E-state index contributed by atoms with van der Waals surface area (Å²) in [5.41, 5.74) is 6.31. The van der Waals surface area contributed by atoms with Crippen LogP contribution in [0, 0.1) is 10.8 Å². The largest absolute Gasteiger partial charge is 1.00 e. The molecule has 0 nitrogen and oxygen atoms in total. The molecule has 30 heavy (non-hydrogen) atoms. The number of halogens is 2. The van der Waals surface area contributed by atoms with Crippen molar-refractivity contribution in [2.45, 2.75) is 53.4 Å². The smallest absolute Gasteiger partial charge is 1.00 e. The fourth-order valence-corrected chi connectivity index (χ4v) is 15.5. The molecular formula is C27H32Cl2Hf. The second kappa shape index (κ2) is 9.00. The van der Waals surface area contributed by atoms with Crippen LogP contribution in [-0.2, 0) is 21.0 Å². The molecule has 2 atom stereocenters. The van der Waals surface area contributed by atoms with Gasteiger partial charge < -0.3 is 24.8 Å². The Labute approximate surface area is 202 Å². The van der Waals surface area contributed by atoms with Crippen molar-refractivity contribution in [3.05, 3.63) is 77.4 Å². The van der Waals surface area contributed by atoms with Crippen LogP contribution in [0.1, 0.15) is 75.6 Å². The zero-order valence-corrected chi connectivity index (χ0v) is 24.0. The van der Waals surface area contributed by atoms with Gasteiger partial charge in [0, 0.05) is 0 Å². The van der Waals surface area contributed by atoms with Gasteiger partial charge in [-0.2, -0.15) is 0 Å². The minimum absolute atomic E-state index is 0. The van der Waals surface area contributed by atoms with Crippen molar-refractivity contribution in [3.8, 4) is 0 Å². The van der Waals surface area contributed by atoms with Gasteiger partial charge in [0.05, 0.1) is 0 Å². The van der Waals surface area contributed by atoms with E-state index < -0.39 is 21.0 Å². The van der Waals surface area contributed by atoms with Gasteiger partial charge in [0.1, 0.15) is 0 Å². The Morgan fingerprint density at radius 2 is 0.967 bits per heavy atom. The second-order valence-corrected chi connectivity index (χ2v) is 18.1. The van der Waals surface area contributed by atoms with Gasteiger partial charge >= 0.3 is 179 Å². The molecule has 3 heteroatoms. The minimum Gasteiger partial charge on any atom is -1.00 e. The fraction of sp³-hybridized carbons (Fsp3) is 0.370. The number of hydrogen-bond donors (Lipinski definition) is 0. The van der Waals surface area contributed by atoms with Gasteiger partial charge in [-0.05, 0) is 0 Å². The van der Waals surface area contributed by atoms with Crippen molar-refractivity contribution < 1.29 is 45.8 Å². The molecule has 0 saturated carbocycles. The van der Waals surface area contributed by atoms with Gasteiger partial charge in [0.25, 0.3) is 0 Å². The van der Waals surface area contributed by atoms with Crippen LogP contribution in [0.4, 0.5) is 0 Å². The molecule has 0 spiro atoms. The van der Waals surface area contributed by atoms with Crippen LogP contribution in [0.25, 0.3) is 12.2 Å². The normalized spacial score (nSPS) is 19.4. The third-order valence-electron chi connectivity index (χ3n) is 6.29. The Hall–Kier alpha value is -0.760. The maximum absolute atomic E-state index is 4.97. The SMILES string of the molecule is [CH2]=[Hf+2]([C]1=Cc2ccccc2C1C(C)(C)C)[C]1=Cc2ccccc2C1C(C)(C)C.[Cl-].[Cl-]. The molecule has 0 aromatic heterocycles. The van der Waals surface area contributed by atoms with Crippen LogP contribution in [0.5, 0.6) is 0 Å². The summed E-state index contributed by atoms with van der Waals surface area (Å²) < 4.78 is 8.35. The van der Waals surface area contributed by atoms with E-state index in [2.05, 4.69) is 102 Å². The van der Waals surface area contributed by atoms with E-state index in [0.717, 1.165) is 0 Å². The second-order valence-electron chi connectivity index (χ2n) is 10.5. The predicted molar refractivity (Wildman–Crippen MR) is 120 cm³/mol. The first-order chi connectivity index (χ1) is 13.1. The maximum atomic E-state index is 4.97. The summed E-state index contributed by atoms with van der Waals surface area (Å²) in [7, 11) is 0. The van der Waals surface area contributed by atoms with Crippen molar-refractivity contribution in [1.29, 1.82) is 0 Å². The standard InChI is InChI=1S/2C13H15.CH2.2ClH.Hf/c2*1-13(2,3)12-9-8-10-6-4-5-7-11(10)12;;;;/h2*4-8,12H,1-3H3;1H2;2*1H;/q;;;;;+2/p-2. The Balaban J connectivity index is 0.00000160. The third-order valence-corrected chi connectivity index (χ3v) is 14.4. The van der Waals surface area contributed by atoms with Crippen molar-refractivity contribution in [1.82, 2.24) is 0 Å². The summed E-state index contributed by atoms with van der Waals surface area (Å²) in [6.07, 6.45) is 5.04. The molecule has 0 saturated heterocycles. The average molecular weight is 606 g/mol. The fourth-order valence-electron chi connectivity index (χ4n) is 5.20. The van der Waals surface area contributed by atoms with Gasteiger partial charge in [-0.15, -0.1) is 0 Å². The van der Waals surface area contributed by atoms with Crippen LogP contribution >= 0.6 is 0 Å². The zero-order valence-electron chi connectivity index (χ0n) is 18.9. The van der Waals surface area contributed by atoms with Crippen LogP contribution in [0.2, 0.25) is 0 Å². The monoisotopic (exact) mass is 606 g/mol. The molecule has 158 valence electrons. The predicted octanol–water partition coefficient (Wildman–Crippen LogP) is 1.41. The summed E-state index contributed by atoms with van der Waals surface area (Å²) in [5, 5.41) is 0. The van der Waals surface area contributed by atoms with E-state index in [-0.39, 0.29) is 35.6 Å². The number of benzene rings is 2. The number of hydrogen-bond acceptors (Lipinski definition) is 0. The summed E-state index contributed by atoms with van der Waals surface area (Å²) in [4.78, 5) is 0. The Morgan fingerprint density at radius 3 is 1.30 bits per heavy atom. The van der Waals surface area contributed by atoms with Crippen molar-refractivity contribution in [2.75, 3.05) is 0 Å². The van der Waals surface area contributed by atoms with E-state index in [9.17, 15) is 0 Å². The van der Waals surface area contributed by atoms with Gasteiger partial charge in [-0.3, -0.25) is 0 Å². The van der Waals surface area contributed by atoms with E-state index in [4.69, 9.17) is 4.26 Å². The first kappa shape index (κ1) is 25.5. The van der Waals surface area contributed by atoms with Crippen molar-refractivity contribution >= 4 is 16.4 Å². The maximum Gasteiger partial charge on any atom is -1.00 e. The molecule has 0 heterocycles. The van der Waals surface area contributed by atoms with Gasteiger partial charge in [-0.1, -0.05) is 0 Å². The van der Waals surface area contributed by atoms with Crippen LogP contribution in [0.15, 0.2) is 55.2 Å². The van der Waals surface area contributed by atoms with E-state index in [1.54, 1.807) is 6.66 Å². The number of fused-ring (bicyclic) bond motifs is 2. The summed E-state index contributed by atoms with van der Waals surface area (Å²) in [6.45, 7) is 14.4. The Kier molecular flexibility index (Phi) is 7.65. The number of rotatable bonds is 2. The molecule has 0 amide bonds. The van der Waals surface area contributed by atoms with Crippen LogP contribution < -0.4 is 24.8 Å². The molecule has 2 unspecified atom stereocenters. The molecule has 0 fully saturated rings. The van der Waals surface area contributed by atoms with Crippen LogP contribution in [-0.4, -0.2) is 4.26 Å². The molecular weight excluding hydrogens is 574 g/mol. The molecule has 2 aliphatic carbocycles. The van der Waals surface area contributed by atoms with Gasteiger partial charge in [-0.25, -0.2) is 0 Å². The molecule has 0 aliphatic heterocycles. The molecule has 0 radical (unpaired) electrons. The third kappa shape index (κ3) is 4.41. The molecule has 4 rings (SSSR count). The quantitative estimate of drug-likeness (QED) is 0.455. The van der Waals surface area contributed by atoms with E-state index >= 15 is 0 Å². The number of allylic oxidation sites excluding steroid dienone is 2. The Bertz CT molecular complexity index is 934. The summed E-state index contributed by atoms with van der Waals surface area (Å²) in [5.74, 6) is 1.02. The van der Waals surface area contributed by atoms with Crippen molar-refractivity contribution in [3.63, 3.8) is 0 Å². The first-order valence-corrected chi connectivity index (χ1v) is 16.5. The van der Waals surface area contributed by atoms with Crippen LogP contribution in [0.3, 0.4) is 0 Å². The molecule has 0 bridgehead atoms. The minimum atomic E-state index is -2.44. The topological polar surface area (TPSA) is 0 Å².